The number of benzene rings is 1. The van der Waals surface area contributed by atoms with Crippen LogP contribution in [-0.2, 0) is 10.0 Å². The fraction of sp³-hybridized carbons (Fsp3) is 0.500. The van der Waals surface area contributed by atoms with Gasteiger partial charge in [-0.25, -0.2) is 21.9 Å². The minimum Gasteiger partial charge on any atom is -0.394 e. The van der Waals surface area contributed by atoms with Crippen LogP contribution in [0.4, 0.5) is 8.78 Å². The summed E-state index contributed by atoms with van der Waals surface area (Å²) in [6.45, 7) is 3.02. The van der Waals surface area contributed by atoms with E-state index in [1.54, 1.807) is 13.8 Å². The summed E-state index contributed by atoms with van der Waals surface area (Å²) in [5, 5.41) is 9.32. The summed E-state index contributed by atoms with van der Waals surface area (Å²) in [7, 11) is -4.15. The first-order chi connectivity index (χ1) is 8.80. The van der Waals surface area contributed by atoms with Gasteiger partial charge in [0.15, 0.2) is 0 Å². The van der Waals surface area contributed by atoms with E-state index in [2.05, 4.69) is 4.72 Å². The van der Waals surface area contributed by atoms with E-state index >= 15 is 0 Å². The van der Waals surface area contributed by atoms with E-state index in [4.69, 9.17) is 0 Å². The van der Waals surface area contributed by atoms with Gasteiger partial charge in [0.2, 0.25) is 10.0 Å². The zero-order valence-electron chi connectivity index (χ0n) is 10.8. The number of aliphatic hydroxyl groups excluding tert-OH is 1. The number of hydrogen-bond donors (Lipinski definition) is 2. The van der Waals surface area contributed by atoms with Crippen molar-refractivity contribution in [2.45, 2.75) is 37.1 Å². The van der Waals surface area contributed by atoms with Crippen molar-refractivity contribution < 1.29 is 22.3 Å². The molecule has 0 amide bonds. The van der Waals surface area contributed by atoms with Crippen molar-refractivity contribution in [2.24, 2.45) is 0 Å². The third-order valence-electron chi connectivity index (χ3n) is 3.19. The molecule has 0 saturated heterocycles. The van der Waals surface area contributed by atoms with Gasteiger partial charge in [0, 0.05) is 6.07 Å². The van der Waals surface area contributed by atoms with Crippen molar-refractivity contribution >= 4 is 10.0 Å². The standard InChI is InChI=1S/C12H17F2NO3S/c1-3-12(4-2,8-16)15-19(17,18)11-6-5-9(13)7-10(11)14/h5-7,15-16H,3-4,8H2,1-2H3. The Labute approximate surface area is 111 Å². The highest BCUT2D eigenvalue weighted by Gasteiger charge is 2.32. The maximum absolute atomic E-state index is 13.5. The average molecular weight is 293 g/mol. The molecule has 1 aromatic carbocycles. The highest BCUT2D eigenvalue weighted by molar-refractivity contribution is 7.89. The van der Waals surface area contributed by atoms with Gasteiger partial charge in [0.25, 0.3) is 0 Å². The highest BCUT2D eigenvalue weighted by atomic mass is 32.2. The van der Waals surface area contributed by atoms with Crippen LogP contribution in [0.1, 0.15) is 26.7 Å². The lowest BCUT2D eigenvalue weighted by Gasteiger charge is -2.30. The summed E-state index contributed by atoms with van der Waals surface area (Å²) in [6, 6.07) is 2.24. The first kappa shape index (κ1) is 16.0. The Kier molecular flexibility index (Phi) is 5.00. The molecule has 0 aliphatic rings. The van der Waals surface area contributed by atoms with Gasteiger partial charge in [-0.2, -0.15) is 0 Å². The monoisotopic (exact) mass is 293 g/mol. The number of hydrogen-bond acceptors (Lipinski definition) is 3. The van der Waals surface area contributed by atoms with Crippen LogP contribution in [0.15, 0.2) is 23.1 Å². The quantitative estimate of drug-likeness (QED) is 0.840. The molecule has 0 aliphatic carbocycles. The van der Waals surface area contributed by atoms with E-state index in [1.807, 2.05) is 0 Å². The molecule has 0 atom stereocenters. The first-order valence-electron chi connectivity index (χ1n) is 5.90. The second-order valence-electron chi connectivity index (χ2n) is 4.33. The lowest BCUT2D eigenvalue weighted by molar-refractivity contribution is 0.172. The van der Waals surface area contributed by atoms with E-state index in [9.17, 15) is 22.3 Å². The minimum atomic E-state index is -4.15. The van der Waals surface area contributed by atoms with Gasteiger partial charge in [-0.1, -0.05) is 13.8 Å². The maximum atomic E-state index is 13.5. The average Bonchev–Trinajstić information content (AvgIpc) is 2.35. The Hall–Kier alpha value is -1.05. The van der Waals surface area contributed by atoms with Gasteiger partial charge in [-0.15, -0.1) is 0 Å². The van der Waals surface area contributed by atoms with Crippen LogP contribution in [0.3, 0.4) is 0 Å². The SMILES string of the molecule is CCC(CC)(CO)NS(=O)(=O)c1ccc(F)cc1F. The van der Waals surface area contributed by atoms with E-state index in [0.717, 1.165) is 12.1 Å². The van der Waals surface area contributed by atoms with Crippen molar-refractivity contribution in [1.29, 1.82) is 0 Å². The van der Waals surface area contributed by atoms with E-state index in [0.29, 0.717) is 18.9 Å². The van der Waals surface area contributed by atoms with Crippen LogP contribution in [-0.4, -0.2) is 25.7 Å². The third kappa shape index (κ3) is 3.49. The number of nitrogens with one attached hydrogen (secondary N) is 1. The Bertz CT molecular complexity index is 534. The summed E-state index contributed by atoms with van der Waals surface area (Å²) in [6.07, 6.45) is 0.698. The molecule has 0 saturated carbocycles. The Morgan fingerprint density at radius 1 is 1.26 bits per heavy atom. The lowest BCUT2D eigenvalue weighted by Crippen LogP contribution is -2.50. The fourth-order valence-corrected chi connectivity index (χ4v) is 3.28. The third-order valence-corrected chi connectivity index (χ3v) is 4.80. The fourth-order valence-electron chi connectivity index (χ4n) is 1.68. The topological polar surface area (TPSA) is 66.4 Å². The second-order valence-corrected chi connectivity index (χ2v) is 5.98. The highest BCUT2D eigenvalue weighted by Crippen LogP contribution is 2.21. The first-order valence-corrected chi connectivity index (χ1v) is 7.38. The minimum absolute atomic E-state index is 0.349. The van der Waals surface area contributed by atoms with Gasteiger partial charge < -0.3 is 5.11 Å². The number of aliphatic hydroxyl groups is 1. The molecule has 0 aliphatic heterocycles. The summed E-state index contributed by atoms with van der Waals surface area (Å²) in [5.41, 5.74) is -1.04. The molecule has 0 spiro atoms. The van der Waals surface area contributed by atoms with E-state index in [1.165, 1.54) is 0 Å². The molecule has 0 aromatic heterocycles. The van der Waals surface area contributed by atoms with Crippen molar-refractivity contribution in [3.05, 3.63) is 29.8 Å². The maximum Gasteiger partial charge on any atom is 0.244 e. The molecule has 0 heterocycles. The Morgan fingerprint density at radius 2 is 1.84 bits per heavy atom. The van der Waals surface area contributed by atoms with Crippen LogP contribution in [0.25, 0.3) is 0 Å². The lowest BCUT2D eigenvalue weighted by atomic mass is 9.96. The zero-order valence-corrected chi connectivity index (χ0v) is 11.6. The van der Waals surface area contributed by atoms with Crippen LogP contribution in [0.5, 0.6) is 0 Å². The van der Waals surface area contributed by atoms with Gasteiger partial charge in [-0.05, 0) is 25.0 Å². The number of rotatable bonds is 6. The van der Waals surface area contributed by atoms with Crippen LogP contribution < -0.4 is 4.72 Å². The van der Waals surface area contributed by atoms with Crippen molar-refractivity contribution in [3.63, 3.8) is 0 Å². The summed E-state index contributed by atoms with van der Waals surface area (Å²) < 4.78 is 52.7. The molecule has 0 unspecified atom stereocenters. The normalized spacial score (nSPS) is 12.7. The molecule has 7 heteroatoms. The predicted octanol–water partition coefficient (Wildman–Crippen LogP) is 1.79. The summed E-state index contributed by atoms with van der Waals surface area (Å²) >= 11 is 0. The van der Waals surface area contributed by atoms with Gasteiger partial charge in [-0.3, -0.25) is 0 Å². The molecule has 1 rings (SSSR count). The predicted molar refractivity (Wildman–Crippen MR) is 67.1 cm³/mol. The van der Waals surface area contributed by atoms with Crippen LogP contribution >= 0.6 is 0 Å². The summed E-state index contributed by atoms with van der Waals surface area (Å²) in [4.78, 5) is -0.631. The molecule has 0 fully saturated rings. The zero-order chi connectivity index (χ0) is 14.7. The van der Waals surface area contributed by atoms with Crippen LogP contribution in [0, 0.1) is 11.6 Å². The second kappa shape index (κ2) is 5.94. The molecule has 0 bridgehead atoms. The molecule has 19 heavy (non-hydrogen) atoms. The van der Waals surface area contributed by atoms with Crippen molar-refractivity contribution in [3.8, 4) is 0 Å². The summed E-state index contributed by atoms with van der Waals surface area (Å²) in [5.74, 6) is -2.01. The Morgan fingerprint density at radius 3 is 2.26 bits per heavy atom. The molecule has 0 radical (unpaired) electrons. The Balaban J connectivity index is 3.17. The number of halogens is 2. The molecule has 1 aromatic rings. The molecular weight excluding hydrogens is 276 g/mol. The number of sulfonamides is 1. The molecular formula is C12H17F2NO3S. The van der Waals surface area contributed by atoms with E-state index in [-0.39, 0.29) is 0 Å². The smallest absolute Gasteiger partial charge is 0.244 e. The molecule has 4 nitrogen and oxygen atoms in total. The van der Waals surface area contributed by atoms with Crippen LogP contribution in [0.2, 0.25) is 0 Å². The largest absolute Gasteiger partial charge is 0.394 e. The van der Waals surface area contributed by atoms with Crippen molar-refractivity contribution in [2.75, 3.05) is 6.61 Å². The van der Waals surface area contributed by atoms with Gasteiger partial charge in [0.05, 0.1) is 12.1 Å². The van der Waals surface area contributed by atoms with E-state index < -0.39 is 38.7 Å². The van der Waals surface area contributed by atoms with Gasteiger partial charge in [0.1, 0.15) is 16.5 Å². The van der Waals surface area contributed by atoms with Gasteiger partial charge >= 0.3 is 0 Å². The molecule has 108 valence electrons. The molecule has 2 N–H and O–H groups in total. The van der Waals surface area contributed by atoms with Crippen molar-refractivity contribution in [1.82, 2.24) is 4.72 Å².